The topological polar surface area (TPSA) is 146 Å². The molecule has 0 amide bonds. The smallest absolute Gasteiger partial charge is 0.250 e. The van der Waals surface area contributed by atoms with Gasteiger partial charge in [0.2, 0.25) is 11.8 Å². The Morgan fingerprint density at radius 3 is 2.72 bits per heavy atom. The zero-order chi connectivity index (χ0) is 31.7. The predicted octanol–water partition coefficient (Wildman–Crippen LogP) is 6.25. The summed E-state index contributed by atoms with van der Waals surface area (Å²) < 4.78 is 40.9. The largest absolute Gasteiger partial charge is 0.421 e. The summed E-state index contributed by atoms with van der Waals surface area (Å²) in [5.41, 5.74) is 5.83. The fraction of sp³-hybridized carbons (Fsp3) is 0.471. The summed E-state index contributed by atoms with van der Waals surface area (Å²) in [6.45, 7) is 3.29. The lowest BCUT2D eigenvalue weighted by molar-refractivity contribution is 0.0639. The number of ether oxygens (including phenoxy) is 1. The quantitative estimate of drug-likeness (QED) is 0.200. The summed E-state index contributed by atoms with van der Waals surface area (Å²) in [5, 5.41) is 12.3. The highest BCUT2D eigenvalue weighted by molar-refractivity contribution is 7.92. The zero-order valence-electron chi connectivity index (χ0n) is 26.1. The molecule has 13 heteroatoms. The van der Waals surface area contributed by atoms with Crippen LogP contribution < -0.4 is 5.32 Å². The number of nitrogens with zero attached hydrogens (tertiary/aromatic N) is 6. The lowest BCUT2D eigenvalue weighted by Crippen LogP contribution is -2.17. The molecule has 0 spiro atoms. The third-order valence-electron chi connectivity index (χ3n) is 10.2. The third kappa shape index (κ3) is 5.23. The molecule has 4 aliphatic rings. The van der Waals surface area contributed by atoms with E-state index in [-0.39, 0.29) is 17.7 Å². The van der Waals surface area contributed by atoms with E-state index in [0.29, 0.717) is 51.8 Å². The molecule has 5 aromatic rings. The molecule has 2 aliphatic carbocycles. The van der Waals surface area contributed by atoms with Gasteiger partial charge in [-0.1, -0.05) is 6.07 Å². The van der Waals surface area contributed by atoms with Crippen LogP contribution >= 0.6 is 11.3 Å². The number of aromatic nitrogens is 6. The molecule has 0 unspecified atom stereocenters. The maximum atomic E-state index is 14.2. The van der Waals surface area contributed by atoms with Crippen molar-refractivity contribution < 1.29 is 17.6 Å². The third-order valence-corrected chi connectivity index (χ3v) is 13.2. The van der Waals surface area contributed by atoms with Gasteiger partial charge >= 0.3 is 0 Å². The monoisotopic (exact) mass is 669 g/mol. The zero-order valence-corrected chi connectivity index (χ0v) is 27.7. The summed E-state index contributed by atoms with van der Waals surface area (Å²) in [6, 6.07) is 6.16. The molecule has 0 aromatic carbocycles. The van der Waals surface area contributed by atoms with Gasteiger partial charge in [-0.25, -0.2) is 18.4 Å². The van der Waals surface area contributed by atoms with Crippen molar-refractivity contribution in [1.29, 1.82) is 0 Å². The summed E-state index contributed by atoms with van der Waals surface area (Å²) in [4.78, 5) is 20.2. The molecule has 7 heterocycles. The Hall–Kier alpha value is -3.81. The number of aryl methyl sites for hydroxylation is 3. The van der Waals surface area contributed by atoms with E-state index in [4.69, 9.17) is 14.1 Å². The number of anilines is 1. The molecular formula is C34H35N7O4S2. The molecule has 242 valence electrons. The van der Waals surface area contributed by atoms with E-state index in [0.717, 1.165) is 90.5 Å². The number of thiophene rings is 1. The average molecular weight is 670 g/mol. The fourth-order valence-corrected chi connectivity index (χ4v) is 11.0. The Bertz CT molecular complexity index is 2120. The number of pyridine rings is 2. The Kier molecular flexibility index (Phi) is 7.13. The number of sulfone groups is 1. The molecule has 11 nitrogen and oxygen atoms in total. The molecular weight excluding hydrogens is 635 g/mol. The van der Waals surface area contributed by atoms with Crippen molar-refractivity contribution in [1.82, 2.24) is 30.1 Å². The molecule has 1 N–H and O–H groups in total. The highest BCUT2D eigenvalue weighted by Gasteiger charge is 2.47. The van der Waals surface area contributed by atoms with E-state index in [1.807, 2.05) is 18.3 Å². The Balaban J connectivity index is 1.22. The Morgan fingerprint density at radius 1 is 1.04 bits per heavy atom. The highest BCUT2D eigenvalue weighted by atomic mass is 32.2. The lowest BCUT2D eigenvalue weighted by Gasteiger charge is -2.23. The van der Waals surface area contributed by atoms with Gasteiger partial charge in [-0.2, -0.15) is 0 Å². The van der Waals surface area contributed by atoms with Gasteiger partial charge < -0.3 is 14.5 Å². The first-order valence-corrected chi connectivity index (χ1v) is 19.0. The molecule has 1 saturated carbocycles. The SMILES string of the molecule is Cc1nnc(-c2c(CCC3CCOCC3)nc3c(c2-c2cc4ncnc(N[C@H]5CCc6ncccc65)c4s2)S(=O)(=O)C[C@@H]3C2CC2)o1. The Morgan fingerprint density at radius 2 is 1.91 bits per heavy atom. The summed E-state index contributed by atoms with van der Waals surface area (Å²) >= 11 is 1.50. The van der Waals surface area contributed by atoms with Crippen molar-refractivity contribution in [3.63, 3.8) is 0 Å². The molecule has 0 radical (unpaired) electrons. The molecule has 2 aliphatic heterocycles. The average Bonchev–Trinajstić information content (AvgIpc) is 3.36. The van der Waals surface area contributed by atoms with Crippen LogP contribution in [0.5, 0.6) is 0 Å². The molecule has 2 fully saturated rings. The van der Waals surface area contributed by atoms with Crippen molar-refractivity contribution in [2.75, 3.05) is 24.3 Å². The molecule has 2 atom stereocenters. The van der Waals surface area contributed by atoms with Gasteiger partial charge in [0.25, 0.3) is 0 Å². The van der Waals surface area contributed by atoms with E-state index in [1.54, 1.807) is 13.3 Å². The minimum Gasteiger partial charge on any atom is -0.421 e. The summed E-state index contributed by atoms with van der Waals surface area (Å²) in [5.74, 6) is 2.30. The van der Waals surface area contributed by atoms with Crippen LogP contribution in [0.1, 0.15) is 79.0 Å². The minimum absolute atomic E-state index is 0.0842. The van der Waals surface area contributed by atoms with E-state index in [9.17, 15) is 8.42 Å². The van der Waals surface area contributed by atoms with Crippen LogP contribution in [-0.2, 0) is 27.4 Å². The van der Waals surface area contributed by atoms with Crippen LogP contribution in [0, 0.1) is 18.8 Å². The molecule has 47 heavy (non-hydrogen) atoms. The first-order valence-electron chi connectivity index (χ1n) is 16.6. The van der Waals surface area contributed by atoms with Crippen LogP contribution in [0.3, 0.4) is 0 Å². The van der Waals surface area contributed by atoms with Crippen LogP contribution in [0.2, 0.25) is 0 Å². The Labute approximate surface area is 276 Å². The number of nitrogens with one attached hydrogen (secondary N) is 1. The van der Waals surface area contributed by atoms with E-state index < -0.39 is 9.84 Å². The first-order chi connectivity index (χ1) is 22.9. The van der Waals surface area contributed by atoms with Crippen LogP contribution in [0.25, 0.3) is 32.1 Å². The second-order valence-corrected chi connectivity index (χ2v) is 16.3. The van der Waals surface area contributed by atoms with Crippen molar-refractivity contribution >= 4 is 37.2 Å². The van der Waals surface area contributed by atoms with Crippen molar-refractivity contribution in [3.05, 3.63) is 59.3 Å². The lowest BCUT2D eigenvalue weighted by atomic mass is 9.90. The van der Waals surface area contributed by atoms with Gasteiger partial charge in [0.05, 0.1) is 43.9 Å². The van der Waals surface area contributed by atoms with Gasteiger partial charge in [0, 0.05) is 48.4 Å². The van der Waals surface area contributed by atoms with E-state index in [2.05, 4.69) is 36.5 Å². The molecule has 9 rings (SSSR count). The number of hydrogen-bond donors (Lipinski definition) is 1. The maximum Gasteiger partial charge on any atom is 0.250 e. The number of rotatable bonds is 8. The maximum absolute atomic E-state index is 14.2. The van der Waals surface area contributed by atoms with Crippen LogP contribution in [0.15, 0.2) is 40.0 Å². The van der Waals surface area contributed by atoms with Crippen LogP contribution in [-0.4, -0.2) is 57.5 Å². The molecule has 0 bridgehead atoms. The second kappa shape index (κ2) is 11.4. The normalized spacial score (nSPS) is 22.1. The summed E-state index contributed by atoms with van der Waals surface area (Å²) in [6.07, 6.45) is 10.9. The van der Waals surface area contributed by atoms with Crippen molar-refractivity contribution in [2.24, 2.45) is 11.8 Å². The number of hydrogen-bond acceptors (Lipinski definition) is 12. The minimum atomic E-state index is -3.63. The predicted molar refractivity (Wildman–Crippen MR) is 177 cm³/mol. The first kappa shape index (κ1) is 29.3. The molecule has 5 aromatic heterocycles. The van der Waals surface area contributed by atoms with Gasteiger partial charge in [-0.3, -0.25) is 9.97 Å². The van der Waals surface area contributed by atoms with Gasteiger partial charge in [0.15, 0.2) is 9.84 Å². The van der Waals surface area contributed by atoms with Crippen LogP contribution in [0.4, 0.5) is 5.82 Å². The second-order valence-electron chi connectivity index (χ2n) is 13.3. The van der Waals surface area contributed by atoms with Gasteiger partial charge in [-0.05, 0) is 80.9 Å². The standard InChI is InChI=1S/C34H35N7O4S2/c1-18-40-41-34(45-18)28-25(7-4-19-10-13-44-14-11-19)38-30-22(20-5-6-20)16-47(42,43)32(30)29(28)27-15-26-31(46-27)33(37-17-36-26)39-24-9-8-23-21(24)3-2-12-35-23/h2-3,12,15,17,19-20,22,24H,4-11,13-14,16H2,1H3,(H,36,37,39)/t22-,24+/m1/s1. The summed E-state index contributed by atoms with van der Waals surface area (Å²) in [7, 11) is -3.63. The number of fused-ring (bicyclic) bond motifs is 3. The van der Waals surface area contributed by atoms with Gasteiger partial charge in [0.1, 0.15) is 12.1 Å². The fourth-order valence-electron chi connectivity index (χ4n) is 7.69. The van der Waals surface area contributed by atoms with Crippen molar-refractivity contribution in [3.8, 4) is 21.9 Å². The van der Waals surface area contributed by atoms with E-state index >= 15 is 0 Å². The van der Waals surface area contributed by atoms with Gasteiger partial charge in [-0.15, -0.1) is 21.5 Å². The van der Waals surface area contributed by atoms with Crippen molar-refractivity contribution in [2.45, 2.75) is 75.1 Å². The molecule has 1 saturated heterocycles. The highest BCUT2D eigenvalue weighted by Crippen LogP contribution is 2.54. The van der Waals surface area contributed by atoms with E-state index in [1.165, 1.54) is 16.9 Å².